The molecule has 1 heterocycles. The lowest BCUT2D eigenvalue weighted by molar-refractivity contribution is -0.122. The van der Waals surface area contributed by atoms with E-state index >= 15 is 0 Å². The number of fused-ring (bicyclic) bond motifs is 1. The van der Waals surface area contributed by atoms with E-state index in [1.54, 1.807) is 18.2 Å². The zero-order valence-corrected chi connectivity index (χ0v) is 16.5. The Morgan fingerprint density at radius 1 is 1.04 bits per heavy atom. The van der Waals surface area contributed by atoms with E-state index in [0.717, 1.165) is 10.5 Å². The Balaban J connectivity index is 2.30. The minimum atomic E-state index is -0.441. The number of hydrogen-bond donors (Lipinski definition) is 0. The van der Waals surface area contributed by atoms with Gasteiger partial charge in [0.2, 0.25) is 5.91 Å². The highest BCUT2D eigenvalue weighted by Gasteiger charge is 2.38. The van der Waals surface area contributed by atoms with Crippen molar-refractivity contribution < 1.29 is 19.1 Å². The fourth-order valence-electron chi connectivity index (χ4n) is 3.32. The summed E-state index contributed by atoms with van der Waals surface area (Å²) in [7, 11) is 0. The summed E-state index contributed by atoms with van der Waals surface area (Å²) in [6.45, 7) is 7.21. The molecule has 0 saturated heterocycles. The Hall–Kier alpha value is -3.21. The number of carbonyl (C=O) groups excluding carboxylic acids is 3. The summed E-state index contributed by atoms with van der Waals surface area (Å²) in [5.41, 5.74) is 2.56. The summed E-state index contributed by atoms with van der Waals surface area (Å²) in [5, 5.41) is 0. The van der Waals surface area contributed by atoms with Crippen LogP contribution in [-0.4, -0.2) is 24.2 Å². The van der Waals surface area contributed by atoms with Crippen molar-refractivity contribution in [1.29, 1.82) is 0 Å². The van der Waals surface area contributed by atoms with Crippen LogP contribution in [0.25, 0.3) is 11.3 Å². The van der Waals surface area contributed by atoms with Crippen LogP contribution < -0.4 is 4.90 Å². The van der Waals surface area contributed by atoms with Crippen molar-refractivity contribution in [2.75, 3.05) is 11.5 Å². The molecule has 3 rings (SSSR count). The van der Waals surface area contributed by atoms with Gasteiger partial charge in [-0.2, -0.15) is 0 Å². The van der Waals surface area contributed by atoms with Gasteiger partial charge in [0.05, 0.1) is 17.9 Å². The maximum Gasteiger partial charge on any atom is 0.269 e. The maximum absolute atomic E-state index is 13.2. The highest BCUT2D eigenvalue weighted by atomic mass is 16.5. The fraction of sp³-hybridized carbons (Fsp3) is 0.261. The highest BCUT2D eigenvalue weighted by molar-refractivity contribution is 6.43. The molecule has 2 aromatic rings. The minimum absolute atomic E-state index is 0.0199. The van der Waals surface area contributed by atoms with Crippen LogP contribution in [0.1, 0.15) is 49.2 Å². The molecule has 0 N–H and O–H groups in total. The minimum Gasteiger partial charge on any atom is -0.492 e. The third kappa shape index (κ3) is 3.36. The second kappa shape index (κ2) is 7.80. The topological polar surface area (TPSA) is 63.7 Å². The SMILES string of the molecule is CCOC(=C1C(=O)N(C(C)=O)c2ccc(C(=O)C(C)C)cc21)c1ccccc1. The average molecular weight is 377 g/mol. The third-order valence-electron chi connectivity index (χ3n) is 4.60. The Kier molecular flexibility index (Phi) is 5.45. The first kappa shape index (κ1) is 19.5. The molecule has 5 heteroatoms. The first-order chi connectivity index (χ1) is 13.4. The molecule has 0 bridgehead atoms. The van der Waals surface area contributed by atoms with Crippen molar-refractivity contribution >= 4 is 34.6 Å². The van der Waals surface area contributed by atoms with Gasteiger partial charge in [0, 0.05) is 29.5 Å². The predicted octanol–water partition coefficient (Wildman–Crippen LogP) is 4.32. The number of carbonyl (C=O) groups is 3. The van der Waals surface area contributed by atoms with E-state index in [1.807, 2.05) is 51.1 Å². The Morgan fingerprint density at radius 2 is 1.71 bits per heavy atom. The van der Waals surface area contributed by atoms with Crippen LogP contribution in [0, 0.1) is 5.92 Å². The molecule has 5 nitrogen and oxygen atoms in total. The zero-order chi connectivity index (χ0) is 20.4. The molecular weight excluding hydrogens is 354 g/mol. The number of benzene rings is 2. The Bertz CT molecular complexity index is 973. The van der Waals surface area contributed by atoms with E-state index in [-0.39, 0.29) is 17.6 Å². The van der Waals surface area contributed by atoms with Crippen LogP contribution in [0.4, 0.5) is 5.69 Å². The van der Waals surface area contributed by atoms with Gasteiger partial charge < -0.3 is 4.74 Å². The number of ether oxygens (including phenoxy) is 1. The molecule has 0 saturated carbocycles. The van der Waals surface area contributed by atoms with Gasteiger partial charge in [0.25, 0.3) is 5.91 Å². The number of rotatable bonds is 5. The van der Waals surface area contributed by atoms with Gasteiger partial charge in [-0.05, 0) is 25.1 Å². The standard InChI is InChI=1S/C23H23NO4/c1-5-28-22(16-9-7-6-8-10-16)20-18-13-17(21(26)14(2)3)11-12-19(18)24(15(4)25)23(20)27/h6-14H,5H2,1-4H3. The molecule has 1 aliphatic heterocycles. The third-order valence-corrected chi connectivity index (χ3v) is 4.60. The molecule has 0 atom stereocenters. The molecular formula is C23H23NO4. The van der Waals surface area contributed by atoms with Crippen molar-refractivity contribution in [3.63, 3.8) is 0 Å². The predicted molar refractivity (Wildman–Crippen MR) is 109 cm³/mol. The molecule has 2 amide bonds. The number of nitrogens with zero attached hydrogens (tertiary/aromatic N) is 1. The van der Waals surface area contributed by atoms with Crippen LogP contribution >= 0.6 is 0 Å². The number of amides is 2. The summed E-state index contributed by atoms with van der Waals surface area (Å²) in [6, 6.07) is 14.3. The van der Waals surface area contributed by atoms with E-state index in [0.29, 0.717) is 34.8 Å². The lowest BCUT2D eigenvalue weighted by atomic mass is 9.95. The van der Waals surface area contributed by atoms with Crippen LogP contribution in [-0.2, 0) is 14.3 Å². The molecule has 144 valence electrons. The molecule has 2 aromatic carbocycles. The van der Waals surface area contributed by atoms with Gasteiger partial charge in [-0.25, -0.2) is 4.90 Å². The van der Waals surface area contributed by atoms with Crippen LogP contribution in [0.3, 0.4) is 0 Å². The summed E-state index contributed by atoms with van der Waals surface area (Å²) in [6.07, 6.45) is 0. The van der Waals surface area contributed by atoms with E-state index < -0.39 is 5.91 Å². The highest BCUT2D eigenvalue weighted by Crippen LogP contribution is 2.42. The number of anilines is 1. The Morgan fingerprint density at radius 3 is 2.29 bits per heavy atom. The largest absolute Gasteiger partial charge is 0.492 e. The maximum atomic E-state index is 13.2. The monoisotopic (exact) mass is 377 g/mol. The molecule has 28 heavy (non-hydrogen) atoms. The van der Waals surface area contributed by atoms with Crippen molar-refractivity contribution in [1.82, 2.24) is 0 Å². The van der Waals surface area contributed by atoms with E-state index in [1.165, 1.54) is 6.92 Å². The summed E-state index contributed by atoms with van der Waals surface area (Å²) in [5.74, 6) is -0.607. The van der Waals surface area contributed by atoms with Gasteiger partial charge in [-0.3, -0.25) is 14.4 Å². The second-order valence-corrected chi connectivity index (χ2v) is 6.91. The zero-order valence-electron chi connectivity index (χ0n) is 16.5. The lowest BCUT2D eigenvalue weighted by Crippen LogP contribution is -2.31. The first-order valence-electron chi connectivity index (χ1n) is 9.33. The van der Waals surface area contributed by atoms with Crippen molar-refractivity contribution in [3.8, 4) is 0 Å². The molecule has 0 aliphatic carbocycles. The molecule has 0 radical (unpaired) electrons. The van der Waals surface area contributed by atoms with E-state index in [4.69, 9.17) is 4.74 Å². The Labute approximate surface area is 164 Å². The number of imide groups is 1. The quantitative estimate of drug-likeness (QED) is 0.442. The molecule has 0 fully saturated rings. The van der Waals surface area contributed by atoms with Gasteiger partial charge in [0.1, 0.15) is 5.76 Å². The van der Waals surface area contributed by atoms with Crippen molar-refractivity contribution in [3.05, 3.63) is 65.2 Å². The van der Waals surface area contributed by atoms with Gasteiger partial charge in [-0.1, -0.05) is 44.2 Å². The van der Waals surface area contributed by atoms with Crippen LogP contribution in [0.2, 0.25) is 0 Å². The number of Topliss-reactive ketones (excluding diaryl/α,β-unsaturated/α-hetero) is 1. The average Bonchev–Trinajstić information content (AvgIpc) is 2.97. The molecule has 1 aliphatic rings. The summed E-state index contributed by atoms with van der Waals surface area (Å²) in [4.78, 5) is 39.0. The number of ketones is 1. The van der Waals surface area contributed by atoms with Gasteiger partial charge >= 0.3 is 0 Å². The molecule has 0 aromatic heterocycles. The molecule has 0 unspecified atom stereocenters. The van der Waals surface area contributed by atoms with Gasteiger partial charge in [0.15, 0.2) is 5.78 Å². The van der Waals surface area contributed by atoms with Crippen LogP contribution in [0.15, 0.2) is 48.5 Å². The summed E-state index contributed by atoms with van der Waals surface area (Å²) >= 11 is 0. The fourth-order valence-corrected chi connectivity index (χ4v) is 3.32. The van der Waals surface area contributed by atoms with Gasteiger partial charge in [-0.15, -0.1) is 0 Å². The molecule has 0 spiro atoms. The second-order valence-electron chi connectivity index (χ2n) is 6.91. The normalized spacial score (nSPS) is 14.9. The smallest absolute Gasteiger partial charge is 0.269 e. The van der Waals surface area contributed by atoms with Crippen LogP contribution in [0.5, 0.6) is 0 Å². The van der Waals surface area contributed by atoms with E-state index in [9.17, 15) is 14.4 Å². The first-order valence-corrected chi connectivity index (χ1v) is 9.33. The summed E-state index contributed by atoms with van der Waals surface area (Å²) < 4.78 is 5.85. The lowest BCUT2D eigenvalue weighted by Gasteiger charge is -2.13. The van der Waals surface area contributed by atoms with Crippen molar-refractivity contribution in [2.24, 2.45) is 5.92 Å². The number of hydrogen-bond acceptors (Lipinski definition) is 4. The van der Waals surface area contributed by atoms with E-state index in [2.05, 4.69) is 0 Å². The van der Waals surface area contributed by atoms with Crippen molar-refractivity contribution in [2.45, 2.75) is 27.7 Å².